The van der Waals surface area contributed by atoms with Gasteiger partial charge in [0.25, 0.3) is 15.9 Å². The molecule has 9 heteroatoms. The number of amides is 1. The first-order valence-corrected chi connectivity index (χ1v) is 11.5. The molecule has 1 N–H and O–H groups in total. The highest BCUT2D eigenvalue weighted by Crippen LogP contribution is 2.23. The summed E-state index contributed by atoms with van der Waals surface area (Å²) in [7, 11) is -4.02. The largest absolute Gasteiger partial charge is 0.324 e. The Morgan fingerprint density at radius 3 is 2.45 bits per heavy atom. The molecule has 0 aliphatic rings. The molecule has 0 unspecified atom stereocenters. The average Bonchev–Trinajstić information content (AvgIpc) is 3.04. The van der Waals surface area contributed by atoms with Gasteiger partial charge < -0.3 is 4.57 Å². The number of aryl methyl sites for hydroxylation is 1. The van der Waals surface area contributed by atoms with Crippen LogP contribution >= 0.6 is 23.2 Å². The molecule has 0 saturated heterocycles. The van der Waals surface area contributed by atoms with Crippen LogP contribution in [0.3, 0.4) is 0 Å². The molecule has 4 aromatic rings. The van der Waals surface area contributed by atoms with E-state index < -0.39 is 15.9 Å². The van der Waals surface area contributed by atoms with Crippen LogP contribution < -0.4 is 4.72 Å². The van der Waals surface area contributed by atoms with Crippen LogP contribution in [-0.4, -0.2) is 23.9 Å². The summed E-state index contributed by atoms with van der Waals surface area (Å²) in [5, 5.41) is 1.06. The Morgan fingerprint density at radius 2 is 1.74 bits per heavy atom. The van der Waals surface area contributed by atoms with Crippen LogP contribution in [0.2, 0.25) is 10.0 Å². The van der Waals surface area contributed by atoms with Gasteiger partial charge in [-0.3, -0.25) is 4.79 Å². The van der Waals surface area contributed by atoms with Gasteiger partial charge >= 0.3 is 0 Å². The first kappa shape index (κ1) is 21.4. The van der Waals surface area contributed by atoms with Crippen molar-refractivity contribution in [1.29, 1.82) is 0 Å². The summed E-state index contributed by atoms with van der Waals surface area (Å²) in [5.41, 5.74) is 2.53. The lowest BCUT2D eigenvalue weighted by Gasteiger charge is -2.09. The number of benzene rings is 3. The molecule has 6 nitrogen and oxygen atoms in total. The van der Waals surface area contributed by atoms with Crippen LogP contribution in [0.15, 0.2) is 71.6 Å². The maximum absolute atomic E-state index is 12.6. The summed E-state index contributed by atoms with van der Waals surface area (Å²) in [4.78, 5) is 17.1. The molecule has 0 aliphatic carbocycles. The molecule has 0 fully saturated rings. The number of hydrogen-bond donors (Lipinski definition) is 1. The van der Waals surface area contributed by atoms with Gasteiger partial charge in [-0.25, -0.2) is 18.1 Å². The highest BCUT2D eigenvalue weighted by atomic mass is 35.5. The maximum atomic E-state index is 12.6. The van der Waals surface area contributed by atoms with E-state index in [-0.39, 0.29) is 10.5 Å². The van der Waals surface area contributed by atoms with Crippen molar-refractivity contribution in [2.75, 3.05) is 0 Å². The number of carbonyl (C=O) groups excluding carboxylic acids is 1. The topological polar surface area (TPSA) is 81.1 Å². The van der Waals surface area contributed by atoms with Crippen LogP contribution in [0.5, 0.6) is 0 Å². The number of nitrogens with zero attached hydrogens (tertiary/aromatic N) is 2. The van der Waals surface area contributed by atoms with Crippen molar-refractivity contribution in [3.8, 4) is 0 Å². The van der Waals surface area contributed by atoms with E-state index in [1.165, 1.54) is 24.3 Å². The van der Waals surface area contributed by atoms with Gasteiger partial charge in [0, 0.05) is 15.6 Å². The Morgan fingerprint density at radius 1 is 1.03 bits per heavy atom. The molecular weight excluding hydrogens is 457 g/mol. The number of fused-ring (bicyclic) bond motifs is 1. The smallest absolute Gasteiger partial charge is 0.265 e. The van der Waals surface area contributed by atoms with Gasteiger partial charge in [-0.15, -0.1) is 0 Å². The van der Waals surface area contributed by atoms with Crippen LogP contribution in [0, 0.1) is 6.92 Å². The molecule has 1 aromatic heterocycles. The Hall–Kier alpha value is -2.87. The second kappa shape index (κ2) is 8.34. The lowest BCUT2D eigenvalue weighted by molar-refractivity contribution is 0.0981. The number of nitrogens with one attached hydrogen (secondary N) is 1. The predicted octanol–water partition coefficient (Wildman–Crippen LogP) is 4.82. The van der Waals surface area contributed by atoms with E-state index in [1.807, 2.05) is 35.8 Å². The second-order valence-electron chi connectivity index (χ2n) is 6.93. The van der Waals surface area contributed by atoms with Crippen molar-refractivity contribution >= 4 is 50.2 Å². The number of sulfonamides is 1. The molecule has 0 spiro atoms. The first-order chi connectivity index (χ1) is 14.7. The summed E-state index contributed by atoms with van der Waals surface area (Å²) < 4.78 is 29.0. The first-order valence-electron chi connectivity index (χ1n) is 9.27. The third-order valence-corrected chi connectivity index (χ3v) is 6.81. The number of rotatable bonds is 5. The lowest BCUT2D eigenvalue weighted by Crippen LogP contribution is -2.30. The summed E-state index contributed by atoms with van der Waals surface area (Å²) >= 11 is 12.1. The minimum absolute atomic E-state index is 0.0498. The fourth-order valence-electron chi connectivity index (χ4n) is 3.24. The highest BCUT2D eigenvalue weighted by molar-refractivity contribution is 7.90. The molecule has 3 aromatic carbocycles. The Kier molecular flexibility index (Phi) is 5.75. The third kappa shape index (κ3) is 4.44. The Labute approximate surface area is 189 Å². The molecule has 0 saturated carbocycles. The molecule has 31 heavy (non-hydrogen) atoms. The van der Waals surface area contributed by atoms with E-state index in [0.717, 1.165) is 16.9 Å². The molecule has 4 rings (SSSR count). The zero-order chi connectivity index (χ0) is 22.2. The SMILES string of the molecule is Cc1nc2cc(C(=O)NS(=O)(=O)c3ccc(Cl)cc3)ccc2n1Cc1ccccc1Cl. The van der Waals surface area contributed by atoms with Crippen LogP contribution in [0.25, 0.3) is 11.0 Å². The van der Waals surface area contributed by atoms with E-state index >= 15 is 0 Å². The van der Waals surface area contributed by atoms with Crippen molar-refractivity contribution in [3.05, 3.63) is 93.7 Å². The standard InChI is InChI=1S/C22H17Cl2N3O3S/c1-14-25-20-12-15(22(28)26-31(29,30)18-9-7-17(23)8-10-18)6-11-21(20)27(14)13-16-4-2-3-5-19(16)24/h2-12H,13H2,1H3,(H,26,28). The molecule has 0 bridgehead atoms. The number of carbonyl (C=O) groups is 1. The van der Waals surface area contributed by atoms with Crippen molar-refractivity contribution in [2.45, 2.75) is 18.4 Å². The lowest BCUT2D eigenvalue weighted by atomic mass is 10.2. The molecule has 0 radical (unpaired) electrons. The monoisotopic (exact) mass is 473 g/mol. The average molecular weight is 474 g/mol. The molecule has 1 heterocycles. The van der Waals surface area contributed by atoms with Crippen molar-refractivity contribution in [1.82, 2.24) is 14.3 Å². The van der Waals surface area contributed by atoms with Gasteiger partial charge in [0.05, 0.1) is 22.5 Å². The number of hydrogen-bond acceptors (Lipinski definition) is 4. The number of imidazole rings is 1. The van der Waals surface area contributed by atoms with E-state index in [1.54, 1.807) is 18.2 Å². The number of halogens is 2. The van der Waals surface area contributed by atoms with Crippen LogP contribution in [-0.2, 0) is 16.6 Å². The zero-order valence-corrected chi connectivity index (χ0v) is 18.7. The second-order valence-corrected chi connectivity index (χ2v) is 9.45. The van der Waals surface area contributed by atoms with Crippen molar-refractivity contribution in [2.24, 2.45) is 0 Å². The summed E-state index contributed by atoms with van der Waals surface area (Å²) in [6.07, 6.45) is 0. The fourth-order valence-corrected chi connectivity index (χ4v) is 4.54. The minimum atomic E-state index is -4.02. The molecule has 158 valence electrons. The van der Waals surface area contributed by atoms with Crippen LogP contribution in [0.4, 0.5) is 0 Å². The Bertz CT molecular complexity index is 1400. The van der Waals surface area contributed by atoms with E-state index in [4.69, 9.17) is 23.2 Å². The summed E-state index contributed by atoms with van der Waals surface area (Å²) in [6, 6.07) is 18.0. The van der Waals surface area contributed by atoms with Crippen molar-refractivity contribution < 1.29 is 13.2 Å². The van der Waals surface area contributed by atoms with Gasteiger partial charge in [-0.05, 0) is 61.0 Å². The fraction of sp³-hybridized carbons (Fsp3) is 0.0909. The van der Waals surface area contributed by atoms with Crippen molar-refractivity contribution in [3.63, 3.8) is 0 Å². The number of aromatic nitrogens is 2. The summed E-state index contributed by atoms with van der Waals surface area (Å²) in [6.45, 7) is 2.39. The quantitative estimate of drug-likeness (QED) is 0.450. The zero-order valence-electron chi connectivity index (χ0n) is 16.3. The summed E-state index contributed by atoms with van der Waals surface area (Å²) in [5.74, 6) is 0.0106. The molecular formula is C22H17Cl2N3O3S. The molecule has 0 aliphatic heterocycles. The third-order valence-electron chi connectivity index (χ3n) is 4.84. The van der Waals surface area contributed by atoms with Gasteiger partial charge in [0.2, 0.25) is 0 Å². The van der Waals surface area contributed by atoms with E-state index in [2.05, 4.69) is 9.71 Å². The predicted molar refractivity (Wildman–Crippen MR) is 121 cm³/mol. The normalized spacial score (nSPS) is 11.6. The van der Waals surface area contributed by atoms with Crippen LogP contribution in [0.1, 0.15) is 21.7 Å². The molecule has 0 atom stereocenters. The van der Waals surface area contributed by atoms with E-state index in [0.29, 0.717) is 22.1 Å². The van der Waals surface area contributed by atoms with Gasteiger partial charge in [0.1, 0.15) is 5.82 Å². The van der Waals surface area contributed by atoms with Gasteiger partial charge in [-0.1, -0.05) is 41.4 Å². The van der Waals surface area contributed by atoms with Gasteiger partial charge in [0.15, 0.2) is 0 Å². The van der Waals surface area contributed by atoms with E-state index in [9.17, 15) is 13.2 Å². The Balaban J connectivity index is 1.62. The van der Waals surface area contributed by atoms with Gasteiger partial charge in [-0.2, -0.15) is 0 Å². The highest BCUT2D eigenvalue weighted by Gasteiger charge is 2.20. The maximum Gasteiger partial charge on any atom is 0.265 e. The minimum Gasteiger partial charge on any atom is -0.324 e. The molecule has 1 amide bonds.